The van der Waals surface area contributed by atoms with Gasteiger partial charge in [-0.1, -0.05) is 19.1 Å². The van der Waals surface area contributed by atoms with Crippen molar-refractivity contribution in [1.82, 2.24) is 5.32 Å². The van der Waals surface area contributed by atoms with Crippen LogP contribution in [0.25, 0.3) is 0 Å². The molecule has 0 bridgehead atoms. The molecule has 0 spiro atoms. The lowest BCUT2D eigenvalue weighted by atomic mass is 10.0. The van der Waals surface area contributed by atoms with E-state index in [-0.39, 0.29) is 24.9 Å². The number of nitro benzene ring substituents is 1. The quantitative estimate of drug-likeness (QED) is 0.498. The monoisotopic (exact) mass is 254 g/mol. The summed E-state index contributed by atoms with van der Waals surface area (Å²) in [6.45, 7) is 1.89. The van der Waals surface area contributed by atoms with Gasteiger partial charge in [-0.05, 0) is 12.0 Å². The third kappa shape index (κ3) is 4.06. The number of nitrogens with one attached hydrogen (secondary N) is 1. The largest absolute Gasteiger partial charge is 0.394 e. The molecule has 2 unspecified atom stereocenters. The summed E-state index contributed by atoms with van der Waals surface area (Å²) in [5, 5.41) is 31.8. The Morgan fingerprint density at radius 1 is 1.50 bits per heavy atom. The minimum absolute atomic E-state index is 0.0513. The highest BCUT2D eigenvalue weighted by Crippen LogP contribution is 2.21. The van der Waals surface area contributed by atoms with E-state index in [2.05, 4.69) is 5.32 Å². The van der Waals surface area contributed by atoms with Gasteiger partial charge in [-0.25, -0.2) is 0 Å². The molecule has 0 aliphatic rings. The lowest BCUT2D eigenvalue weighted by Crippen LogP contribution is -2.32. The molecule has 18 heavy (non-hydrogen) atoms. The first-order chi connectivity index (χ1) is 8.58. The maximum absolute atomic E-state index is 10.7. The van der Waals surface area contributed by atoms with Crippen LogP contribution in [0.4, 0.5) is 5.69 Å². The second-order valence-corrected chi connectivity index (χ2v) is 4.06. The third-order valence-electron chi connectivity index (χ3n) is 2.70. The maximum atomic E-state index is 10.7. The van der Waals surface area contributed by atoms with Crippen molar-refractivity contribution in [3.8, 4) is 0 Å². The van der Waals surface area contributed by atoms with Gasteiger partial charge < -0.3 is 15.5 Å². The van der Waals surface area contributed by atoms with E-state index in [4.69, 9.17) is 5.11 Å². The van der Waals surface area contributed by atoms with E-state index < -0.39 is 11.0 Å². The fourth-order valence-corrected chi connectivity index (χ4v) is 1.70. The van der Waals surface area contributed by atoms with E-state index in [9.17, 15) is 15.2 Å². The van der Waals surface area contributed by atoms with Crippen LogP contribution in [0.15, 0.2) is 24.3 Å². The number of hydrogen-bond acceptors (Lipinski definition) is 5. The Morgan fingerprint density at radius 2 is 2.22 bits per heavy atom. The van der Waals surface area contributed by atoms with Crippen molar-refractivity contribution in [1.29, 1.82) is 0 Å². The van der Waals surface area contributed by atoms with E-state index in [0.717, 1.165) is 12.0 Å². The molecule has 0 radical (unpaired) electrons. The molecule has 0 saturated heterocycles. The molecule has 0 fully saturated rings. The van der Waals surface area contributed by atoms with Crippen LogP contribution >= 0.6 is 0 Å². The molecule has 6 heteroatoms. The Balaban J connectivity index is 2.75. The van der Waals surface area contributed by atoms with E-state index in [1.54, 1.807) is 12.1 Å². The van der Waals surface area contributed by atoms with E-state index in [1.807, 2.05) is 6.92 Å². The first-order valence-corrected chi connectivity index (χ1v) is 5.85. The van der Waals surface area contributed by atoms with Gasteiger partial charge in [-0.3, -0.25) is 10.1 Å². The van der Waals surface area contributed by atoms with Crippen molar-refractivity contribution in [3.63, 3.8) is 0 Å². The Kier molecular flexibility index (Phi) is 5.70. The molecule has 0 aliphatic heterocycles. The number of aliphatic hydroxyl groups excluding tert-OH is 2. The Morgan fingerprint density at radius 3 is 2.78 bits per heavy atom. The number of nitro groups is 1. The summed E-state index contributed by atoms with van der Waals surface area (Å²) in [7, 11) is 0. The van der Waals surface area contributed by atoms with Crippen molar-refractivity contribution < 1.29 is 15.1 Å². The minimum Gasteiger partial charge on any atom is -0.394 e. The van der Waals surface area contributed by atoms with Crippen molar-refractivity contribution >= 4 is 5.69 Å². The highest BCUT2D eigenvalue weighted by Gasteiger charge is 2.14. The highest BCUT2D eigenvalue weighted by atomic mass is 16.6. The second kappa shape index (κ2) is 7.05. The zero-order valence-corrected chi connectivity index (χ0v) is 10.2. The number of benzene rings is 1. The average molecular weight is 254 g/mol. The first kappa shape index (κ1) is 14.6. The molecule has 0 amide bonds. The van der Waals surface area contributed by atoms with Crippen LogP contribution in [0.5, 0.6) is 0 Å². The summed E-state index contributed by atoms with van der Waals surface area (Å²) in [5.41, 5.74) is 0.854. The number of non-ortho nitro benzene ring substituents is 1. The number of aliphatic hydroxyl groups is 2. The fourth-order valence-electron chi connectivity index (χ4n) is 1.70. The van der Waals surface area contributed by atoms with Crippen molar-refractivity contribution in [2.24, 2.45) is 0 Å². The fraction of sp³-hybridized carbons (Fsp3) is 0.500. The molecule has 1 aromatic carbocycles. The van der Waals surface area contributed by atoms with Gasteiger partial charge in [0.05, 0.1) is 17.6 Å². The van der Waals surface area contributed by atoms with Crippen LogP contribution in [-0.4, -0.2) is 34.4 Å². The van der Waals surface area contributed by atoms with Crippen molar-refractivity contribution in [3.05, 3.63) is 39.9 Å². The predicted molar refractivity (Wildman–Crippen MR) is 67.2 cm³/mol. The van der Waals surface area contributed by atoms with Crippen molar-refractivity contribution in [2.45, 2.75) is 25.5 Å². The Labute approximate surface area is 105 Å². The van der Waals surface area contributed by atoms with Crippen LogP contribution in [0.1, 0.15) is 24.9 Å². The lowest BCUT2D eigenvalue weighted by molar-refractivity contribution is -0.384. The van der Waals surface area contributed by atoms with Crippen LogP contribution < -0.4 is 5.32 Å². The zero-order chi connectivity index (χ0) is 13.5. The van der Waals surface area contributed by atoms with E-state index >= 15 is 0 Å². The summed E-state index contributed by atoms with van der Waals surface area (Å²) < 4.78 is 0. The second-order valence-electron chi connectivity index (χ2n) is 4.06. The molecule has 100 valence electrons. The summed E-state index contributed by atoms with van der Waals surface area (Å²) in [6.07, 6.45) is -0.0861. The van der Waals surface area contributed by atoms with Gasteiger partial charge in [0.2, 0.25) is 0 Å². The van der Waals surface area contributed by atoms with Gasteiger partial charge in [0, 0.05) is 24.7 Å². The van der Waals surface area contributed by atoms with Gasteiger partial charge in [0.25, 0.3) is 5.69 Å². The van der Waals surface area contributed by atoms with Crippen LogP contribution in [0, 0.1) is 10.1 Å². The molecule has 2 atom stereocenters. The molecule has 1 rings (SSSR count). The SMILES string of the molecule is CCC(NCC(O)CO)c1cccc([N+](=O)[O-])c1. The molecular weight excluding hydrogens is 236 g/mol. The zero-order valence-electron chi connectivity index (χ0n) is 10.2. The third-order valence-corrected chi connectivity index (χ3v) is 2.70. The summed E-state index contributed by atoms with van der Waals surface area (Å²) >= 11 is 0. The lowest BCUT2D eigenvalue weighted by Gasteiger charge is -2.19. The van der Waals surface area contributed by atoms with E-state index in [1.165, 1.54) is 12.1 Å². The molecule has 0 saturated carbocycles. The number of rotatable bonds is 7. The molecule has 6 nitrogen and oxygen atoms in total. The van der Waals surface area contributed by atoms with Crippen LogP contribution in [0.2, 0.25) is 0 Å². The van der Waals surface area contributed by atoms with Gasteiger partial charge in [-0.15, -0.1) is 0 Å². The maximum Gasteiger partial charge on any atom is 0.269 e. The highest BCUT2D eigenvalue weighted by molar-refractivity contribution is 5.35. The van der Waals surface area contributed by atoms with Crippen molar-refractivity contribution in [2.75, 3.05) is 13.2 Å². The molecule has 0 aliphatic carbocycles. The van der Waals surface area contributed by atoms with Gasteiger partial charge >= 0.3 is 0 Å². The molecule has 0 aromatic heterocycles. The molecule has 3 N–H and O–H groups in total. The minimum atomic E-state index is -0.822. The Hall–Kier alpha value is -1.50. The smallest absolute Gasteiger partial charge is 0.269 e. The topological polar surface area (TPSA) is 95.6 Å². The Bertz CT molecular complexity index is 397. The molecule has 0 heterocycles. The van der Waals surface area contributed by atoms with Gasteiger partial charge in [-0.2, -0.15) is 0 Å². The normalized spacial score (nSPS) is 14.2. The number of hydrogen-bond donors (Lipinski definition) is 3. The van der Waals surface area contributed by atoms with Gasteiger partial charge in [0.1, 0.15) is 0 Å². The first-order valence-electron chi connectivity index (χ1n) is 5.85. The standard InChI is InChI=1S/C12H18N2O4/c1-2-12(13-7-11(16)8-15)9-4-3-5-10(6-9)14(17)18/h3-6,11-13,15-16H,2,7-8H2,1H3. The summed E-state index contributed by atoms with van der Waals surface area (Å²) in [5.74, 6) is 0. The van der Waals surface area contributed by atoms with Gasteiger partial charge in [0.15, 0.2) is 0 Å². The average Bonchev–Trinajstić information content (AvgIpc) is 2.39. The van der Waals surface area contributed by atoms with Crippen LogP contribution in [-0.2, 0) is 0 Å². The summed E-state index contributed by atoms with van der Waals surface area (Å²) in [6, 6.07) is 6.33. The summed E-state index contributed by atoms with van der Waals surface area (Å²) in [4.78, 5) is 10.3. The van der Waals surface area contributed by atoms with Crippen LogP contribution in [0.3, 0.4) is 0 Å². The predicted octanol–water partition coefficient (Wildman–Crippen LogP) is 0.989. The molecule has 1 aromatic rings. The van der Waals surface area contributed by atoms with E-state index in [0.29, 0.717) is 0 Å². The molecular formula is C12H18N2O4. The number of nitrogens with zero attached hydrogens (tertiary/aromatic N) is 1.